The van der Waals surface area contributed by atoms with Crippen LogP contribution in [0.15, 0.2) is 133 Å². The summed E-state index contributed by atoms with van der Waals surface area (Å²) in [6.45, 7) is 0. The molecule has 0 aliphatic carbocycles. The zero-order valence-electron chi connectivity index (χ0n) is 21.6. The van der Waals surface area contributed by atoms with Crippen molar-refractivity contribution in [2.45, 2.75) is 0 Å². The van der Waals surface area contributed by atoms with Crippen LogP contribution >= 0.6 is 0 Å². The average Bonchev–Trinajstić information content (AvgIpc) is 3.03. The van der Waals surface area contributed by atoms with Gasteiger partial charge in [-0.3, -0.25) is 0 Å². The van der Waals surface area contributed by atoms with Gasteiger partial charge in [0.25, 0.3) is 0 Å². The molecule has 0 aromatic heterocycles. The molecule has 184 valence electrons. The Bertz CT molecular complexity index is 2150. The van der Waals surface area contributed by atoms with Crippen molar-refractivity contribution in [2.75, 3.05) is 0 Å². The number of fused-ring (bicyclic) bond motifs is 4. The number of benzene rings is 7. The van der Waals surface area contributed by atoms with E-state index in [0.717, 1.165) is 21.9 Å². The van der Waals surface area contributed by atoms with Crippen LogP contribution in [0.3, 0.4) is 0 Å². The van der Waals surface area contributed by atoms with Crippen LogP contribution in [-0.4, -0.2) is 0 Å². The van der Waals surface area contributed by atoms with E-state index < -0.39 is 0 Å². The molecule has 0 heterocycles. The maximum atomic E-state index is 9.48. The van der Waals surface area contributed by atoms with Gasteiger partial charge in [0.15, 0.2) is 0 Å². The van der Waals surface area contributed by atoms with Crippen molar-refractivity contribution in [3.05, 3.63) is 145 Å². The minimum absolute atomic E-state index is 0.486. The highest BCUT2D eigenvalue weighted by atomic mass is 14.3. The zero-order chi connectivity index (χ0) is 27.1. The lowest BCUT2D eigenvalue weighted by Crippen LogP contribution is -1.89. The van der Waals surface area contributed by atoms with Gasteiger partial charge in [0, 0.05) is 0 Å². The lowest BCUT2D eigenvalue weighted by atomic mass is 9.87. The average molecular weight is 507 g/mol. The summed E-state index contributed by atoms with van der Waals surface area (Å²) in [7, 11) is 0. The van der Waals surface area contributed by atoms with Gasteiger partial charge in [-0.1, -0.05) is 103 Å². The monoisotopic (exact) mass is 506 g/mol. The third kappa shape index (κ3) is 3.88. The van der Waals surface area contributed by atoms with E-state index in [1.165, 1.54) is 43.8 Å². The minimum Gasteiger partial charge on any atom is -0.192 e. The van der Waals surface area contributed by atoms with Crippen LogP contribution in [0.1, 0.15) is 11.1 Å². The molecule has 7 rings (SSSR count). The van der Waals surface area contributed by atoms with Crippen LogP contribution in [0, 0.1) is 22.7 Å². The second-order valence-corrected chi connectivity index (χ2v) is 10.0. The highest BCUT2D eigenvalue weighted by molar-refractivity contribution is 6.17. The van der Waals surface area contributed by atoms with Crippen LogP contribution in [0.25, 0.3) is 65.7 Å². The number of nitriles is 2. The third-order valence-electron chi connectivity index (χ3n) is 7.68. The first-order valence-corrected chi connectivity index (χ1v) is 13.2. The van der Waals surface area contributed by atoms with Gasteiger partial charge in [-0.15, -0.1) is 0 Å². The topological polar surface area (TPSA) is 47.6 Å². The van der Waals surface area contributed by atoms with E-state index in [-0.39, 0.29) is 0 Å². The smallest absolute Gasteiger partial charge is 0.0992 e. The summed E-state index contributed by atoms with van der Waals surface area (Å²) >= 11 is 0. The van der Waals surface area contributed by atoms with Crippen LogP contribution in [-0.2, 0) is 0 Å². The largest absolute Gasteiger partial charge is 0.192 e. The standard InChI is InChI=1S/C38H22N2/c39-23-25-18-26(24-40)20-30(19-25)28-14-15-29-22-38(35-13-7-6-12-34(35)37(29)21-28)36-17-16-31(27-8-2-1-3-9-27)32-10-4-5-11-33(32)36/h1-22H. The summed E-state index contributed by atoms with van der Waals surface area (Å²) in [5.74, 6) is 0. The Hall–Kier alpha value is -5.70. The van der Waals surface area contributed by atoms with E-state index >= 15 is 0 Å². The summed E-state index contributed by atoms with van der Waals surface area (Å²) in [5.41, 5.74) is 7.67. The van der Waals surface area contributed by atoms with Crippen molar-refractivity contribution >= 4 is 32.3 Å². The fourth-order valence-electron chi connectivity index (χ4n) is 5.83. The molecule has 0 saturated heterocycles. The van der Waals surface area contributed by atoms with Crippen LogP contribution in [0.2, 0.25) is 0 Å². The summed E-state index contributed by atoms with van der Waals surface area (Å²) < 4.78 is 0. The number of hydrogen-bond donors (Lipinski definition) is 0. The van der Waals surface area contributed by atoms with E-state index in [4.69, 9.17) is 0 Å². The maximum absolute atomic E-state index is 9.48. The molecule has 0 bridgehead atoms. The first-order chi connectivity index (χ1) is 19.7. The van der Waals surface area contributed by atoms with Gasteiger partial charge in [0.1, 0.15) is 0 Å². The first kappa shape index (κ1) is 23.4. The summed E-state index contributed by atoms with van der Waals surface area (Å²) in [5, 5.41) is 26.1. The van der Waals surface area contributed by atoms with Crippen LogP contribution < -0.4 is 0 Å². The quantitative estimate of drug-likeness (QED) is 0.224. The Morgan fingerprint density at radius 2 is 0.925 bits per heavy atom. The van der Waals surface area contributed by atoms with Crippen molar-refractivity contribution in [3.63, 3.8) is 0 Å². The highest BCUT2D eigenvalue weighted by Gasteiger charge is 2.14. The van der Waals surface area contributed by atoms with Gasteiger partial charge in [0.2, 0.25) is 0 Å². The molecule has 2 heteroatoms. The molecule has 0 aliphatic heterocycles. The Kier molecular flexibility index (Phi) is 5.59. The Balaban J connectivity index is 1.47. The predicted octanol–water partition coefficient (Wildman–Crippen LogP) is 9.89. The van der Waals surface area contributed by atoms with Crippen molar-refractivity contribution in [1.29, 1.82) is 10.5 Å². The van der Waals surface area contributed by atoms with Gasteiger partial charge in [0.05, 0.1) is 23.3 Å². The second-order valence-electron chi connectivity index (χ2n) is 10.0. The molecule has 2 nitrogen and oxygen atoms in total. The molecule has 0 unspecified atom stereocenters. The SMILES string of the molecule is N#Cc1cc(C#N)cc(-c2ccc3cc(-c4ccc(-c5ccccc5)c5ccccc45)c4ccccc4c3c2)c1. The first-order valence-electron chi connectivity index (χ1n) is 13.2. The molecule has 7 aromatic carbocycles. The third-order valence-corrected chi connectivity index (χ3v) is 7.68. The van der Waals surface area contributed by atoms with Crippen molar-refractivity contribution in [1.82, 2.24) is 0 Å². The molecule has 0 N–H and O–H groups in total. The molecular weight excluding hydrogens is 484 g/mol. The number of nitrogens with zero attached hydrogens (tertiary/aromatic N) is 2. The summed E-state index contributed by atoms with van der Waals surface area (Å²) in [4.78, 5) is 0. The van der Waals surface area contributed by atoms with Gasteiger partial charge in [-0.05, 0) is 96.0 Å². The van der Waals surface area contributed by atoms with E-state index in [1.54, 1.807) is 6.07 Å². The van der Waals surface area contributed by atoms with Crippen LogP contribution in [0.4, 0.5) is 0 Å². The molecule has 7 aromatic rings. The second kappa shape index (κ2) is 9.55. The van der Waals surface area contributed by atoms with Gasteiger partial charge in [-0.25, -0.2) is 0 Å². The van der Waals surface area contributed by atoms with E-state index in [0.29, 0.717) is 11.1 Å². The van der Waals surface area contributed by atoms with Crippen molar-refractivity contribution in [3.8, 4) is 45.5 Å². The summed E-state index contributed by atoms with van der Waals surface area (Å²) in [6, 6.07) is 50.6. The van der Waals surface area contributed by atoms with Crippen molar-refractivity contribution in [2.24, 2.45) is 0 Å². The lowest BCUT2D eigenvalue weighted by Gasteiger charge is -2.16. The molecule has 0 saturated carbocycles. The Morgan fingerprint density at radius 1 is 0.350 bits per heavy atom. The summed E-state index contributed by atoms with van der Waals surface area (Å²) in [6.07, 6.45) is 0. The molecular formula is C38H22N2. The fourth-order valence-corrected chi connectivity index (χ4v) is 5.83. The molecule has 0 atom stereocenters. The molecule has 40 heavy (non-hydrogen) atoms. The molecule has 0 radical (unpaired) electrons. The normalized spacial score (nSPS) is 10.9. The molecule has 0 spiro atoms. The number of hydrogen-bond acceptors (Lipinski definition) is 2. The minimum atomic E-state index is 0.486. The Morgan fingerprint density at radius 3 is 1.60 bits per heavy atom. The van der Waals surface area contributed by atoms with Gasteiger partial charge in [-0.2, -0.15) is 10.5 Å². The van der Waals surface area contributed by atoms with E-state index in [9.17, 15) is 10.5 Å². The van der Waals surface area contributed by atoms with E-state index in [2.05, 4.69) is 127 Å². The van der Waals surface area contributed by atoms with Crippen LogP contribution in [0.5, 0.6) is 0 Å². The highest BCUT2D eigenvalue weighted by Crippen LogP contribution is 2.41. The van der Waals surface area contributed by atoms with Gasteiger partial charge >= 0.3 is 0 Å². The molecule has 0 amide bonds. The fraction of sp³-hybridized carbons (Fsp3) is 0. The number of rotatable bonds is 3. The lowest BCUT2D eigenvalue weighted by molar-refractivity contribution is 1.45. The van der Waals surface area contributed by atoms with Crippen molar-refractivity contribution < 1.29 is 0 Å². The maximum Gasteiger partial charge on any atom is 0.0992 e. The Labute approximate surface area is 232 Å². The zero-order valence-corrected chi connectivity index (χ0v) is 21.6. The molecule has 0 fully saturated rings. The van der Waals surface area contributed by atoms with Gasteiger partial charge < -0.3 is 0 Å². The predicted molar refractivity (Wildman–Crippen MR) is 165 cm³/mol. The van der Waals surface area contributed by atoms with E-state index in [1.807, 2.05) is 12.1 Å². The molecule has 0 aliphatic rings.